The molecule has 1 aliphatic rings. The van der Waals surface area contributed by atoms with E-state index in [1.165, 1.54) is 0 Å². The minimum atomic E-state index is -3.42. The van der Waals surface area contributed by atoms with Crippen LogP contribution in [0.3, 0.4) is 0 Å². The highest BCUT2D eigenvalue weighted by atomic mass is 32.2. The molecule has 0 radical (unpaired) electrons. The molecule has 2 atom stereocenters. The second kappa shape index (κ2) is 10.2. The normalized spacial score (nSPS) is 19.4. The Bertz CT molecular complexity index is 979. The molecule has 2 aromatic rings. The molecule has 31 heavy (non-hydrogen) atoms. The van der Waals surface area contributed by atoms with Crippen molar-refractivity contribution in [1.29, 1.82) is 0 Å². The number of piperidine rings is 1. The van der Waals surface area contributed by atoms with E-state index in [1.54, 1.807) is 25.7 Å². The van der Waals surface area contributed by atoms with Crippen LogP contribution in [-0.2, 0) is 21.2 Å². The van der Waals surface area contributed by atoms with Gasteiger partial charge in [-0.25, -0.2) is 17.9 Å². The first kappa shape index (κ1) is 23.2. The molecule has 1 aliphatic heterocycles. The van der Waals surface area contributed by atoms with Crippen LogP contribution >= 0.6 is 0 Å². The lowest BCUT2D eigenvalue weighted by molar-refractivity contribution is 0.0459. The molecule has 7 nitrogen and oxygen atoms in total. The second-order valence-electron chi connectivity index (χ2n) is 8.05. The zero-order chi connectivity index (χ0) is 22.4. The molecule has 0 saturated carbocycles. The summed E-state index contributed by atoms with van der Waals surface area (Å²) < 4.78 is 32.8. The average molecular weight is 446 g/mol. The van der Waals surface area contributed by atoms with E-state index in [2.05, 4.69) is 4.72 Å². The van der Waals surface area contributed by atoms with Crippen molar-refractivity contribution in [1.82, 2.24) is 14.6 Å². The maximum Gasteiger partial charge on any atom is 0.410 e. The first-order chi connectivity index (χ1) is 14.8. The van der Waals surface area contributed by atoms with Gasteiger partial charge in [-0.15, -0.1) is 0 Å². The molecule has 8 heteroatoms. The number of benzene rings is 1. The van der Waals surface area contributed by atoms with Crippen LogP contribution in [0.4, 0.5) is 4.79 Å². The molecule has 168 valence electrons. The first-order valence-electron chi connectivity index (χ1n) is 10.8. The fourth-order valence-corrected chi connectivity index (χ4v) is 4.74. The van der Waals surface area contributed by atoms with Crippen molar-refractivity contribution >= 4 is 16.1 Å². The van der Waals surface area contributed by atoms with E-state index < -0.39 is 16.1 Å². The highest BCUT2D eigenvalue weighted by Crippen LogP contribution is 2.24. The number of carbonyl (C=O) groups excluding carboxylic acids is 1. The van der Waals surface area contributed by atoms with Crippen molar-refractivity contribution in [3.63, 3.8) is 0 Å². The monoisotopic (exact) mass is 445 g/mol. The average Bonchev–Trinajstić information content (AvgIpc) is 2.75. The number of nitrogens with one attached hydrogen (secondary N) is 1. The molecule has 0 unspecified atom stereocenters. The lowest BCUT2D eigenvalue weighted by Gasteiger charge is -2.41. The Kier molecular flexibility index (Phi) is 7.67. The number of likely N-dealkylation sites (tertiary alicyclic amines) is 1. The Hall–Kier alpha value is -2.45. The third kappa shape index (κ3) is 6.27. The van der Waals surface area contributed by atoms with Crippen LogP contribution in [0.15, 0.2) is 48.5 Å². The van der Waals surface area contributed by atoms with Crippen LogP contribution in [0.5, 0.6) is 0 Å². The molecule has 2 heterocycles. The molecular formula is C23H31N3O4S. The summed E-state index contributed by atoms with van der Waals surface area (Å²) in [4.78, 5) is 19.2. The number of hydrogen-bond donors (Lipinski definition) is 1. The quantitative estimate of drug-likeness (QED) is 0.703. The summed E-state index contributed by atoms with van der Waals surface area (Å²) in [5.74, 6) is -0.00555. The fraction of sp³-hybridized carbons (Fsp3) is 0.478. The van der Waals surface area contributed by atoms with Gasteiger partial charge in [0.25, 0.3) is 0 Å². The van der Waals surface area contributed by atoms with Gasteiger partial charge < -0.3 is 9.64 Å². The van der Waals surface area contributed by atoms with Gasteiger partial charge in [0.2, 0.25) is 10.0 Å². The number of carbonyl (C=O) groups is 1. The van der Waals surface area contributed by atoms with E-state index in [-0.39, 0.29) is 23.9 Å². The van der Waals surface area contributed by atoms with Gasteiger partial charge in [0.1, 0.15) is 0 Å². The Morgan fingerprint density at radius 1 is 1.19 bits per heavy atom. The highest BCUT2D eigenvalue weighted by Gasteiger charge is 2.37. The van der Waals surface area contributed by atoms with Crippen LogP contribution in [0, 0.1) is 0 Å². The fourth-order valence-electron chi connectivity index (χ4n) is 3.83. The van der Waals surface area contributed by atoms with Gasteiger partial charge in [0.05, 0.1) is 23.6 Å². The SMILES string of the molecule is CCS(=O)(=O)N[C@@H]1CCCN(C(=O)OC(C)C)[C@@H]1Cc1cccc(-c2ccccc2)n1. The van der Waals surface area contributed by atoms with E-state index in [0.29, 0.717) is 25.8 Å². The van der Waals surface area contributed by atoms with Gasteiger partial charge in [-0.3, -0.25) is 4.98 Å². The Morgan fingerprint density at radius 3 is 2.61 bits per heavy atom. The number of rotatable bonds is 7. The van der Waals surface area contributed by atoms with E-state index in [1.807, 2.05) is 48.5 Å². The van der Waals surface area contributed by atoms with E-state index in [9.17, 15) is 13.2 Å². The predicted octanol–water partition coefficient (Wildman–Crippen LogP) is 3.61. The van der Waals surface area contributed by atoms with E-state index in [0.717, 1.165) is 17.0 Å². The molecule has 0 aliphatic carbocycles. The maximum absolute atomic E-state index is 12.8. The van der Waals surface area contributed by atoms with Gasteiger partial charge in [0, 0.05) is 30.3 Å². The number of amides is 1. The molecule has 1 fully saturated rings. The third-order valence-electron chi connectivity index (χ3n) is 5.36. The van der Waals surface area contributed by atoms with Crippen molar-refractivity contribution in [2.75, 3.05) is 12.3 Å². The summed E-state index contributed by atoms with van der Waals surface area (Å²) in [7, 11) is -3.42. The molecule has 1 aromatic carbocycles. The molecule has 1 saturated heterocycles. The van der Waals surface area contributed by atoms with Crippen LogP contribution in [-0.4, -0.2) is 54.9 Å². The van der Waals surface area contributed by atoms with Gasteiger partial charge in [-0.2, -0.15) is 0 Å². The van der Waals surface area contributed by atoms with Crippen molar-refractivity contribution in [3.8, 4) is 11.3 Å². The zero-order valence-corrected chi connectivity index (χ0v) is 19.1. The second-order valence-corrected chi connectivity index (χ2v) is 10.1. The summed E-state index contributed by atoms with van der Waals surface area (Å²) in [6.45, 7) is 5.74. The minimum absolute atomic E-state index is 0.00555. The summed E-state index contributed by atoms with van der Waals surface area (Å²) in [5.41, 5.74) is 2.65. The number of nitrogens with zero attached hydrogens (tertiary/aromatic N) is 2. The van der Waals surface area contributed by atoms with E-state index >= 15 is 0 Å². The molecule has 0 spiro atoms. The van der Waals surface area contributed by atoms with Crippen molar-refractivity contribution < 1.29 is 17.9 Å². The predicted molar refractivity (Wildman–Crippen MR) is 121 cm³/mol. The molecule has 1 aromatic heterocycles. The maximum atomic E-state index is 12.8. The Balaban J connectivity index is 1.90. The van der Waals surface area contributed by atoms with E-state index in [4.69, 9.17) is 9.72 Å². The highest BCUT2D eigenvalue weighted by molar-refractivity contribution is 7.89. The molecule has 1 amide bonds. The molecule has 0 bridgehead atoms. The zero-order valence-electron chi connectivity index (χ0n) is 18.3. The minimum Gasteiger partial charge on any atom is -0.447 e. The van der Waals surface area contributed by atoms with Gasteiger partial charge >= 0.3 is 6.09 Å². The number of ether oxygens (including phenoxy) is 1. The number of pyridine rings is 1. The molecule has 3 rings (SSSR count). The number of aromatic nitrogens is 1. The first-order valence-corrected chi connectivity index (χ1v) is 12.4. The summed E-state index contributed by atoms with van der Waals surface area (Å²) in [5, 5.41) is 0. The largest absolute Gasteiger partial charge is 0.447 e. The van der Waals surface area contributed by atoms with Crippen LogP contribution in [0.1, 0.15) is 39.3 Å². The van der Waals surface area contributed by atoms with Crippen LogP contribution in [0.25, 0.3) is 11.3 Å². The molecular weight excluding hydrogens is 414 g/mol. The summed E-state index contributed by atoms with van der Waals surface area (Å²) in [6.07, 6.45) is 1.14. The lowest BCUT2D eigenvalue weighted by atomic mass is 9.93. The summed E-state index contributed by atoms with van der Waals surface area (Å²) in [6, 6.07) is 14.9. The Labute approximate surface area is 184 Å². The Morgan fingerprint density at radius 2 is 1.94 bits per heavy atom. The number of sulfonamides is 1. The van der Waals surface area contributed by atoms with Gasteiger partial charge in [-0.1, -0.05) is 36.4 Å². The lowest BCUT2D eigenvalue weighted by Crippen LogP contribution is -2.58. The summed E-state index contributed by atoms with van der Waals surface area (Å²) >= 11 is 0. The van der Waals surface area contributed by atoms with Crippen LogP contribution < -0.4 is 4.72 Å². The van der Waals surface area contributed by atoms with Gasteiger partial charge in [0.15, 0.2) is 0 Å². The van der Waals surface area contributed by atoms with Crippen molar-refractivity contribution in [2.45, 2.75) is 58.2 Å². The smallest absolute Gasteiger partial charge is 0.410 e. The topological polar surface area (TPSA) is 88.6 Å². The van der Waals surface area contributed by atoms with Crippen LogP contribution in [0.2, 0.25) is 0 Å². The number of hydrogen-bond acceptors (Lipinski definition) is 5. The standard InChI is InChI=1S/C23H31N3O4S/c1-4-31(28,29)25-21-14-9-15-26(23(27)30-17(2)3)22(21)16-19-12-8-13-20(24-19)18-10-6-5-7-11-18/h5-8,10-13,17,21-22,25H,4,9,14-16H2,1-3H3/t21-,22-/m1/s1. The third-order valence-corrected chi connectivity index (χ3v) is 6.78. The molecule has 1 N–H and O–H groups in total. The van der Waals surface area contributed by atoms with Crippen molar-refractivity contribution in [3.05, 3.63) is 54.2 Å². The van der Waals surface area contributed by atoms with Gasteiger partial charge in [-0.05, 0) is 45.7 Å². The van der Waals surface area contributed by atoms with Crippen molar-refractivity contribution in [2.24, 2.45) is 0 Å².